The van der Waals surface area contributed by atoms with Gasteiger partial charge in [0.15, 0.2) is 5.76 Å². The molecule has 0 saturated carbocycles. The van der Waals surface area contributed by atoms with Crippen LogP contribution in [0.4, 0.5) is 5.69 Å². The van der Waals surface area contributed by atoms with Crippen molar-refractivity contribution in [1.29, 1.82) is 0 Å². The molecule has 2 rings (SSSR count). The minimum absolute atomic E-state index is 0.230. The average Bonchev–Trinajstić information content (AvgIpc) is 2.87. The van der Waals surface area contributed by atoms with Gasteiger partial charge in [0.2, 0.25) is 0 Å². The van der Waals surface area contributed by atoms with Crippen LogP contribution in [0.5, 0.6) is 5.75 Å². The Morgan fingerprint density at radius 3 is 2.83 bits per heavy atom. The van der Waals surface area contributed by atoms with Crippen molar-refractivity contribution in [2.24, 2.45) is 0 Å². The molecule has 0 aliphatic heterocycles. The number of carbonyl (C=O) groups is 1. The van der Waals surface area contributed by atoms with Crippen LogP contribution >= 0.6 is 11.6 Å². The molecule has 2 aromatic rings. The molecular formula is C13H12ClNO3. The first-order chi connectivity index (χ1) is 8.61. The van der Waals surface area contributed by atoms with Crippen molar-refractivity contribution < 1.29 is 13.9 Å². The van der Waals surface area contributed by atoms with E-state index in [1.807, 2.05) is 6.92 Å². The summed E-state index contributed by atoms with van der Waals surface area (Å²) in [7, 11) is 1.53. The fourth-order valence-corrected chi connectivity index (χ4v) is 1.68. The second-order valence-electron chi connectivity index (χ2n) is 3.73. The maximum atomic E-state index is 11.8. The fraction of sp³-hybridized carbons (Fsp3) is 0.154. The number of furan rings is 1. The Kier molecular flexibility index (Phi) is 3.58. The molecule has 1 amide bonds. The summed E-state index contributed by atoms with van der Waals surface area (Å²) in [5.74, 6) is 0.434. The van der Waals surface area contributed by atoms with Gasteiger partial charge in [-0.2, -0.15) is 0 Å². The molecule has 0 unspecified atom stereocenters. The maximum Gasteiger partial charge on any atom is 0.291 e. The van der Waals surface area contributed by atoms with E-state index in [9.17, 15) is 4.79 Å². The Bertz CT molecular complexity index is 564. The average molecular weight is 266 g/mol. The molecule has 0 aliphatic rings. The smallest absolute Gasteiger partial charge is 0.291 e. The summed E-state index contributed by atoms with van der Waals surface area (Å²) in [6, 6.07) is 6.64. The number of rotatable bonds is 3. The van der Waals surface area contributed by atoms with E-state index in [0.717, 1.165) is 5.56 Å². The molecule has 1 aromatic heterocycles. The lowest BCUT2D eigenvalue weighted by molar-refractivity contribution is 0.0996. The van der Waals surface area contributed by atoms with Crippen LogP contribution < -0.4 is 10.1 Å². The zero-order valence-electron chi connectivity index (χ0n) is 9.99. The first-order valence-corrected chi connectivity index (χ1v) is 5.68. The number of ether oxygens (including phenoxy) is 1. The van der Waals surface area contributed by atoms with Crippen molar-refractivity contribution in [3.05, 3.63) is 46.9 Å². The third kappa shape index (κ3) is 2.49. The zero-order valence-corrected chi connectivity index (χ0v) is 10.7. The molecule has 0 atom stereocenters. The lowest BCUT2D eigenvalue weighted by atomic mass is 10.2. The van der Waals surface area contributed by atoms with E-state index in [2.05, 4.69) is 5.32 Å². The Balaban J connectivity index is 2.28. The first-order valence-electron chi connectivity index (χ1n) is 5.31. The van der Waals surface area contributed by atoms with Crippen LogP contribution in [0, 0.1) is 6.92 Å². The number of nitrogens with one attached hydrogen (secondary N) is 1. The molecule has 1 heterocycles. The summed E-state index contributed by atoms with van der Waals surface area (Å²) < 4.78 is 10.2. The number of carbonyl (C=O) groups excluding carboxylic acids is 1. The van der Waals surface area contributed by atoms with Crippen LogP contribution in [0.2, 0.25) is 5.02 Å². The molecule has 4 nitrogen and oxygen atoms in total. The quantitative estimate of drug-likeness (QED) is 0.924. The third-order valence-electron chi connectivity index (χ3n) is 2.47. The molecule has 0 spiro atoms. The minimum Gasteiger partial charge on any atom is -0.495 e. The highest BCUT2D eigenvalue weighted by Gasteiger charge is 2.13. The van der Waals surface area contributed by atoms with Crippen molar-refractivity contribution in [3.63, 3.8) is 0 Å². The molecule has 0 saturated heterocycles. The molecule has 0 radical (unpaired) electrons. The van der Waals surface area contributed by atoms with Gasteiger partial charge in [0.25, 0.3) is 5.91 Å². The van der Waals surface area contributed by atoms with Crippen LogP contribution in [0.3, 0.4) is 0 Å². The lowest BCUT2D eigenvalue weighted by Gasteiger charge is -2.11. The highest BCUT2D eigenvalue weighted by molar-refractivity contribution is 6.31. The number of amides is 1. The van der Waals surface area contributed by atoms with E-state index in [-0.39, 0.29) is 11.7 Å². The monoisotopic (exact) mass is 265 g/mol. The van der Waals surface area contributed by atoms with E-state index in [1.54, 1.807) is 24.3 Å². The van der Waals surface area contributed by atoms with Crippen molar-refractivity contribution in [2.45, 2.75) is 6.92 Å². The Hall–Kier alpha value is -1.94. The first kappa shape index (κ1) is 12.5. The Labute approximate surface area is 110 Å². The predicted octanol–water partition coefficient (Wildman–Crippen LogP) is 3.50. The molecule has 18 heavy (non-hydrogen) atoms. The van der Waals surface area contributed by atoms with Gasteiger partial charge in [0.05, 0.1) is 19.1 Å². The standard InChI is InChI=1S/C13H12ClNO3/c1-8-6-12(17-2)10(7-9(8)14)15-13(16)11-4-3-5-18-11/h3-7H,1-2H3,(H,15,16). The van der Waals surface area contributed by atoms with Crippen molar-refractivity contribution in [1.82, 2.24) is 0 Å². The molecule has 1 N–H and O–H groups in total. The van der Waals surface area contributed by atoms with Gasteiger partial charge in [-0.25, -0.2) is 0 Å². The number of anilines is 1. The molecule has 94 valence electrons. The Morgan fingerprint density at radius 2 is 2.22 bits per heavy atom. The molecule has 0 bridgehead atoms. The summed E-state index contributed by atoms with van der Waals surface area (Å²) >= 11 is 6.02. The van der Waals surface area contributed by atoms with E-state index < -0.39 is 0 Å². The van der Waals surface area contributed by atoms with Gasteiger partial charge in [-0.15, -0.1) is 0 Å². The Morgan fingerprint density at radius 1 is 1.44 bits per heavy atom. The van der Waals surface area contributed by atoms with E-state index >= 15 is 0 Å². The second kappa shape index (κ2) is 5.14. The van der Waals surface area contributed by atoms with Crippen LogP contribution in [-0.2, 0) is 0 Å². The number of hydrogen-bond acceptors (Lipinski definition) is 3. The summed E-state index contributed by atoms with van der Waals surface area (Å²) in [5, 5.41) is 3.25. The van der Waals surface area contributed by atoms with Gasteiger partial charge in [0.1, 0.15) is 5.75 Å². The van der Waals surface area contributed by atoms with Gasteiger partial charge in [-0.05, 0) is 36.8 Å². The molecule has 1 aromatic carbocycles. The van der Waals surface area contributed by atoms with Crippen LogP contribution in [0.15, 0.2) is 34.9 Å². The highest BCUT2D eigenvalue weighted by Crippen LogP contribution is 2.31. The number of aryl methyl sites for hydroxylation is 1. The molecule has 0 fully saturated rings. The van der Waals surface area contributed by atoms with Crippen LogP contribution in [0.25, 0.3) is 0 Å². The van der Waals surface area contributed by atoms with E-state index in [1.165, 1.54) is 13.4 Å². The zero-order chi connectivity index (χ0) is 13.1. The lowest BCUT2D eigenvalue weighted by Crippen LogP contribution is -2.11. The van der Waals surface area contributed by atoms with Crippen LogP contribution in [-0.4, -0.2) is 13.0 Å². The SMILES string of the molecule is COc1cc(C)c(Cl)cc1NC(=O)c1ccco1. The van der Waals surface area contributed by atoms with Crippen molar-refractivity contribution in [3.8, 4) is 5.75 Å². The summed E-state index contributed by atoms with van der Waals surface area (Å²) in [5.41, 5.74) is 1.39. The topological polar surface area (TPSA) is 51.5 Å². The van der Waals surface area contributed by atoms with Gasteiger partial charge in [-0.3, -0.25) is 4.79 Å². The summed E-state index contributed by atoms with van der Waals surface area (Å²) in [4.78, 5) is 11.8. The van der Waals surface area contributed by atoms with Crippen molar-refractivity contribution in [2.75, 3.05) is 12.4 Å². The number of hydrogen-bond donors (Lipinski definition) is 1. The summed E-state index contributed by atoms with van der Waals surface area (Å²) in [6.45, 7) is 1.86. The van der Waals surface area contributed by atoms with Gasteiger partial charge >= 0.3 is 0 Å². The predicted molar refractivity (Wildman–Crippen MR) is 69.4 cm³/mol. The number of halogens is 1. The molecular weight excluding hydrogens is 254 g/mol. The second-order valence-corrected chi connectivity index (χ2v) is 4.14. The van der Waals surface area contributed by atoms with Gasteiger partial charge < -0.3 is 14.5 Å². The van der Waals surface area contributed by atoms with E-state index in [4.69, 9.17) is 20.8 Å². The van der Waals surface area contributed by atoms with Gasteiger partial charge in [0, 0.05) is 5.02 Å². The number of benzene rings is 1. The molecule has 0 aliphatic carbocycles. The number of methoxy groups -OCH3 is 1. The van der Waals surface area contributed by atoms with Crippen molar-refractivity contribution >= 4 is 23.2 Å². The van der Waals surface area contributed by atoms with Crippen LogP contribution in [0.1, 0.15) is 16.1 Å². The highest BCUT2D eigenvalue weighted by atomic mass is 35.5. The fourth-order valence-electron chi connectivity index (χ4n) is 1.51. The van der Waals surface area contributed by atoms with E-state index in [0.29, 0.717) is 16.5 Å². The summed E-state index contributed by atoms with van der Waals surface area (Å²) in [6.07, 6.45) is 1.44. The normalized spacial score (nSPS) is 10.2. The minimum atomic E-state index is -0.349. The largest absolute Gasteiger partial charge is 0.495 e. The maximum absolute atomic E-state index is 11.8. The molecule has 5 heteroatoms. The van der Waals surface area contributed by atoms with Gasteiger partial charge in [-0.1, -0.05) is 11.6 Å². The third-order valence-corrected chi connectivity index (χ3v) is 2.88.